The second-order valence-electron chi connectivity index (χ2n) is 7.99. The first kappa shape index (κ1) is 20.3. The van der Waals surface area contributed by atoms with Crippen LogP contribution < -0.4 is 0 Å². The zero-order chi connectivity index (χ0) is 23.4. The zero-order valence-corrected chi connectivity index (χ0v) is 17.9. The SMILES string of the molecule is Cn1cc(-c2nc(C(F)F)c(C(=O)N3CCc4[nH]cnc4[C@H]3c3cc4ccccn4n3)o2)cn1. The van der Waals surface area contributed by atoms with E-state index in [9.17, 15) is 13.6 Å². The van der Waals surface area contributed by atoms with Crippen molar-refractivity contribution < 1.29 is 18.0 Å². The van der Waals surface area contributed by atoms with E-state index >= 15 is 0 Å². The van der Waals surface area contributed by atoms with Crippen molar-refractivity contribution in [3.63, 3.8) is 0 Å². The first-order chi connectivity index (χ1) is 16.5. The maximum atomic E-state index is 13.9. The number of carbonyl (C=O) groups is 1. The predicted octanol–water partition coefficient (Wildman–Crippen LogP) is 3.17. The number of nitrogens with one attached hydrogen (secondary N) is 1. The smallest absolute Gasteiger partial charge is 0.292 e. The number of alkyl halides is 2. The highest BCUT2D eigenvalue weighted by Crippen LogP contribution is 2.36. The van der Waals surface area contributed by atoms with Gasteiger partial charge in [-0.25, -0.2) is 23.3 Å². The van der Waals surface area contributed by atoms with E-state index in [-0.39, 0.29) is 12.4 Å². The lowest BCUT2D eigenvalue weighted by Crippen LogP contribution is -2.41. The van der Waals surface area contributed by atoms with Crippen molar-refractivity contribution in [1.82, 2.24) is 39.2 Å². The number of amides is 1. The third-order valence-electron chi connectivity index (χ3n) is 5.86. The van der Waals surface area contributed by atoms with Crippen LogP contribution in [0.3, 0.4) is 0 Å². The molecule has 1 atom stereocenters. The molecule has 0 bridgehead atoms. The molecule has 1 amide bonds. The van der Waals surface area contributed by atoms with E-state index in [1.165, 1.54) is 15.8 Å². The average molecular weight is 464 g/mol. The van der Waals surface area contributed by atoms with Gasteiger partial charge in [0, 0.05) is 38.1 Å². The summed E-state index contributed by atoms with van der Waals surface area (Å²) in [4.78, 5) is 26.6. The predicted molar refractivity (Wildman–Crippen MR) is 114 cm³/mol. The van der Waals surface area contributed by atoms with Crippen LogP contribution in [0.1, 0.15) is 45.8 Å². The summed E-state index contributed by atoms with van der Waals surface area (Å²) in [5, 5.41) is 8.63. The molecule has 0 radical (unpaired) electrons. The lowest BCUT2D eigenvalue weighted by atomic mass is 9.99. The molecule has 1 aliphatic heterocycles. The summed E-state index contributed by atoms with van der Waals surface area (Å²) in [5.41, 5.74) is 2.58. The molecule has 5 aromatic heterocycles. The minimum absolute atomic E-state index is 0.0894. The quantitative estimate of drug-likeness (QED) is 0.438. The van der Waals surface area contributed by atoms with E-state index in [0.717, 1.165) is 11.2 Å². The van der Waals surface area contributed by atoms with Gasteiger partial charge in [0.1, 0.15) is 6.04 Å². The molecule has 10 nitrogen and oxygen atoms in total. The maximum absolute atomic E-state index is 13.9. The monoisotopic (exact) mass is 464 g/mol. The molecule has 6 heterocycles. The van der Waals surface area contributed by atoms with Crippen molar-refractivity contribution in [3.8, 4) is 11.5 Å². The average Bonchev–Trinajstić information content (AvgIpc) is 3.62. The maximum Gasteiger partial charge on any atom is 0.292 e. The van der Waals surface area contributed by atoms with Crippen LogP contribution in [0, 0.1) is 0 Å². The fraction of sp³-hybridized carbons (Fsp3) is 0.227. The Morgan fingerprint density at radius 1 is 1.32 bits per heavy atom. The number of H-pyrrole nitrogens is 1. The molecule has 0 fully saturated rings. The molecule has 5 aromatic rings. The molecular weight excluding hydrogens is 446 g/mol. The molecule has 34 heavy (non-hydrogen) atoms. The molecule has 0 unspecified atom stereocenters. The number of oxazole rings is 1. The molecule has 1 N–H and O–H groups in total. The van der Waals surface area contributed by atoms with Crippen LogP contribution in [0.2, 0.25) is 0 Å². The van der Waals surface area contributed by atoms with Crippen LogP contribution in [0.25, 0.3) is 17.0 Å². The van der Waals surface area contributed by atoms with E-state index in [0.29, 0.717) is 23.4 Å². The van der Waals surface area contributed by atoms with Crippen LogP contribution in [0.5, 0.6) is 0 Å². The van der Waals surface area contributed by atoms with Crippen LogP contribution in [0.15, 0.2) is 53.6 Å². The second kappa shape index (κ2) is 7.61. The lowest BCUT2D eigenvalue weighted by Gasteiger charge is -2.33. The molecule has 0 spiro atoms. The topological polar surface area (TPSA) is 110 Å². The first-order valence-corrected chi connectivity index (χ1v) is 10.5. The Hall–Kier alpha value is -4.35. The number of carbonyl (C=O) groups excluding carboxylic acids is 1. The van der Waals surface area contributed by atoms with E-state index in [2.05, 4.69) is 25.1 Å². The number of pyridine rings is 1. The van der Waals surface area contributed by atoms with Crippen LogP contribution in [0.4, 0.5) is 8.78 Å². The summed E-state index contributed by atoms with van der Waals surface area (Å²) in [6, 6.07) is 6.79. The van der Waals surface area contributed by atoms with Crippen LogP contribution in [-0.4, -0.2) is 51.7 Å². The Morgan fingerprint density at radius 3 is 2.97 bits per heavy atom. The standard InChI is InChI=1S/C22H18F2N8O2/c1-30-10-12(9-27-30)21-28-17(20(23)24)19(34-21)22(33)31-7-5-14-16(26-11-25-14)18(31)15-8-13-4-2-3-6-32(13)29-15/h2-4,6,8-11,18,20H,5,7H2,1H3,(H,25,26)/t18-/m1/s1. The summed E-state index contributed by atoms with van der Waals surface area (Å²) >= 11 is 0. The number of halogens is 2. The number of aromatic nitrogens is 7. The van der Waals surface area contributed by atoms with Gasteiger partial charge in [-0.15, -0.1) is 0 Å². The Labute approximate surface area is 190 Å². The number of imidazole rings is 1. The normalized spacial score (nSPS) is 15.9. The lowest BCUT2D eigenvalue weighted by molar-refractivity contribution is 0.0640. The number of hydrogen-bond donors (Lipinski definition) is 1. The fourth-order valence-corrected chi connectivity index (χ4v) is 4.31. The van der Waals surface area contributed by atoms with Crippen LogP contribution in [-0.2, 0) is 13.5 Å². The van der Waals surface area contributed by atoms with E-state index in [1.807, 2.05) is 24.3 Å². The highest BCUT2D eigenvalue weighted by molar-refractivity contribution is 5.93. The first-order valence-electron chi connectivity index (χ1n) is 10.5. The van der Waals surface area contributed by atoms with Crippen molar-refractivity contribution in [1.29, 1.82) is 0 Å². The molecule has 0 saturated carbocycles. The van der Waals surface area contributed by atoms with Gasteiger partial charge < -0.3 is 14.3 Å². The van der Waals surface area contributed by atoms with Gasteiger partial charge in [-0.3, -0.25) is 9.48 Å². The highest BCUT2D eigenvalue weighted by atomic mass is 19.3. The molecule has 6 rings (SSSR count). The van der Waals surface area contributed by atoms with Crippen LogP contribution >= 0.6 is 0 Å². The van der Waals surface area contributed by atoms with Crippen molar-refractivity contribution >= 4 is 11.4 Å². The number of rotatable bonds is 4. The Bertz CT molecular complexity index is 1480. The van der Waals surface area contributed by atoms with E-state index in [1.54, 1.807) is 30.3 Å². The molecule has 0 aliphatic carbocycles. The summed E-state index contributed by atoms with van der Waals surface area (Å²) < 4.78 is 36.6. The van der Waals surface area contributed by atoms with Crippen molar-refractivity contribution in [2.75, 3.05) is 6.54 Å². The fourth-order valence-electron chi connectivity index (χ4n) is 4.31. The molecule has 0 saturated heterocycles. The Kier molecular flexibility index (Phi) is 4.54. The minimum atomic E-state index is -2.99. The minimum Gasteiger partial charge on any atom is -0.430 e. The third-order valence-corrected chi connectivity index (χ3v) is 5.86. The van der Waals surface area contributed by atoms with Gasteiger partial charge in [-0.05, 0) is 18.2 Å². The second-order valence-corrected chi connectivity index (χ2v) is 7.99. The zero-order valence-electron chi connectivity index (χ0n) is 17.9. The molecule has 12 heteroatoms. The third kappa shape index (κ3) is 3.17. The van der Waals surface area contributed by atoms with Gasteiger partial charge >= 0.3 is 0 Å². The number of fused-ring (bicyclic) bond motifs is 2. The number of aromatic amines is 1. The van der Waals surface area contributed by atoms with Crippen molar-refractivity contribution in [2.24, 2.45) is 7.05 Å². The molecule has 1 aliphatic rings. The van der Waals surface area contributed by atoms with Gasteiger partial charge in [-0.2, -0.15) is 10.2 Å². The van der Waals surface area contributed by atoms with Gasteiger partial charge in [0.25, 0.3) is 12.3 Å². The van der Waals surface area contributed by atoms with E-state index in [4.69, 9.17) is 4.42 Å². The van der Waals surface area contributed by atoms with Crippen molar-refractivity contribution in [2.45, 2.75) is 18.9 Å². The molecule has 172 valence electrons. The van der Waals surface area contributed by atoms with Gasteiger partial charge in [0.05, 0.1) is 35.0 Å². The largest absolute Gasteiger partial charge is 0.430 e. The van der Waals surface area contributed by atoms with Gasteiger partial charge in [-0.1, -0.05) is 6.07 Å². The van der Waals surface area contributed by atoms with Crippen molar-refractivity contribution in [3.05, 3.63) is 77.7 Å². The number of aryl methyl sites for hydroxylation is 1. The van der Waals surface area contributed by atoms with Gasteiger partial charge in [0.15, 0.2) is 5.69 Å². The summed E-state index contributed by atoms with van der Waals surface area (Å²) in [6.07, 6.45) is 3.86. The summed E-state index contributed by atoms with van der Waals surface area (Å²) in [6.45, 7) is 0.262. The summed E-state index contributed by atoms with van der Waals surface area (Å²) in [7, 11) is 1.68. The van der Waals surface area contributed by atoms with Gasteiger partial charge in [0.2, 0.25) is 11.7 Å². The molecule has 0 aromatic carbocycles. The van der Waals surface area contributed by atoms with E-state index < -0.39 is 29.8 Å². The molecular formula is C22H18F2N8O2. The summed E-state index contributed by atoms with van der Waals surface area (Å²) in [5.74, 6) is -1.29. The Morgan fingerprint density at radius 2 is 2.21 bits per heavy atom. The highest BCUT2D eigenvalue weighted by Gasteiger charge is 2.39. The Balaban J connectivity index is 1.45. The number of nitrogens with zero attached hydrogens (tertiary/aromatic N) is 7. The number of hydrogen-bond acceptors (Lipinski definition) is 6.